The van der Waals surface area contributed by atoms with Gasteiger partial charge in [-0.2, -0.15) is 0 Å². The summed E-state index contributed by atoms with van der Waals surface area (Å²) in [5.74, 6) is 2.02. The molecule has 0 saturated heterocycles. The molecule has 1 aromatic rings. The van der Waals surface area contributed by atoms with Gasteiger partial charge >= 0.3 is 6.01 Å². The molecule has 0 aliphatic carbocycles. The lowest BCUT2D eigenvalue weighted by molar-refractivity contribution is 0.435. The van der Waals surface area contributed by atoms with Crippen LogP contribution >= 0.6 is 0 Å². The molecular weight excluding hydrogens is 264 g/mol. The molecule has 1 heterocycles. The molecule has 1 aromatic heterocycles. The second kappa shape index (κ2) is 9.03. The maximum Gasteiger partial charge on any atom is 0.318 e. The molecule has 5 nitrogen and oxygen atoms in total. The van der Waals surface area contributed by atoms with Crippen LogP contribution in [0.4, 0.5) is 6.01 Å². The highest BCUT2D eigenvalue weighted by Crippen LogP contribution is 2.16. The fourth-order valence-electron chi connectivity index (χ4n) is 1.87. The van der Waals surface area contributed by atoms with E-state index in [-0.39, 0.29) is 0 Å². The zero-order valence-corrected chi connectivity index (χ0v) is 14.5. The largest absolute Gasteiger partial charge is 0.407 e. The van der Waals surface area contributed by atoms with E-state index in [0.29, 0.717) is 36.3 Å². The van der Waals surface area contributed by atoms with Crippen LogP contribution in [0.5, 0.6) is 0 Å². The van der Waals surface area contributed by atoms with E-state index >= 15 is 0 Å². The minimum Gasteiger partial charge on any atom is -0.407 e. The maximum absolute atomic E-state index is 5.80. The molecule has 0 aliphatic heterocycles. The number of nitrogens with zero attached hydrogens (tertiary/aromatic N) is 3. The first-order chi connectivity index (χ1) is 9.88. The first-order valence-corrected chi connectivity index (χ1v) is 8.19. The minimum absolute atomic E-state index is 0.415. The fraction of sp³-hybridized carbons (Fsp3) is 0.875. The summed E-state index contributed by atoms with van der Waals surface area (Å²) >= 11 is 0. The molecule has 0 spiro atoms. The summed E-state index contributed by atoms with van der Waals surface area (Å²) in [4.78, 5) is 2.23. The van der Waals surface area contributed by atoms with Crippen molar-refractivity contribution in [3.05, 3.63) is 5.89 Å². The van der Waals surface area contributed by atoms with Crippen molar-refractivity contribution in [3.63, 3.8) is 0 Å². The SMILES string of the molecule is CC(C)CCN(CCC(C)C)c1nnc(CNC(C)C)o1. The molecule has 5 heteroatoms. The van der Waals surface area contributed by atoms with Crippen LogP contribution < -0.4 is 10.2 Å². The molecule has 0 amide bonds. The molecule has 0 radical (unpaired) electrons. The average Bonchev–Trinajstić information content (AvgIpc) is 2.84. The van der Waals surface area contributed by atoms with Gasteiger partial charge in [-0.3, -0.25) is 0 Å². The molecular formula is C16H32N4O. The summed E-state index contributed by atoms with van der Waals surface area (Å²) in [5.41, 5.74) is 0. The molecule has 0 saturated carbocycles. The first-order valence-electron chi connectivity index (χ1n) is 8.19. The highest BCUT2D eigenvalue weighted by atomic mass is 16.4. The summed E-state index contributed by atoms with van der Waals surface area (Å²) in [5, 5.41) is 11.7. The zero-order valence-electron chi connectivity index (χ0n) is 14.5. The minimum atomic E-state index is 0.415. The van der Waals surface area contributed by atoms with Crippen LogP contribution in [0.3, 0.4) is 0 Å². The van der Waals surface area contributed by atoms with Crippen LogP contribution in [0, 0.1) is 11.8 Å². The Morgan fingerprint density at radius 1 is 0.952 bits per heavy atom. The Morgan fingerprint density at radius 3 is 2.00 bits per heavy atom. The Bertz CT molecular complexity index is 375. The summed E-state index contributed by atoms with van der Waals surface area (Å²) in [6.45, 7) is 15.8. The van der Waals surface area contributed by atoms with Crippen molar-refractivity contribution in [2.45, 2.75) is 67.0 Å². The van der Waals surface area contributed by atoms with Gasteiger partial charge in [-0.15, -0.1) is 5.10 Å². The number of aromatic nitrogens is 2. The van der Waals surface area contributed by atoms with Crippen LogP contribution in [-0.4, -0.2) is 29.3 Å². The Kier molecular flexibility index (Phi) is 7.72. The third-order valence-electron chi connectivity index (χ3n) is 3.34. The van der Waals surface area contributed by atoms with Gasteiger partial charge in [0.25, 0.3) is 0 Å². The van der Waals surface area contributed by atoms with Crippen LogP contribution in [-0.2, 0) is 6.54 Å². The molecule has 0 unspecified atom stereocenters. The monoisotopic (exact) mass is 296 g/mol. The van der Waals surface area contributed by atoms with Crippen molar-refractivity contribution < 1.29 is 4.42 Å². The Balaban J connectivity index is 2.63. The zero-order chi connectivity index (χ0) is 15.8. The second-order valence-electron chi connectivity index (χ2n) is 6.87. The Morgan fingerprint density at radius 2 is 1.52 bits per heavy atom. The van der Waals surface area contributed by atoms with Gasteiger partial charge in [0, 0.05) is 19.1 Å². The molecule has 122 valence electrons. The normalized spacial score (nSPS) is 11.9. The van der Waals surface area contributed by atoms with Crippen molar-refractivity contribution in [1.29, 1.82) is 0 Å². The van der Waals surface area contributed by atoms with E-state index in [9.17, 15) is 0 Å². The number of rotatable bonds is 10. The van der Waals surface area contributed by atoms with Gasteiger partial charge in [-0.05, 0) is 24.7 Å². The number of hydrogen-bond acceptors (Lipinski definition) is 5. The molecule has 0 aliphatic rings. The standard InChI is InChI=1S/C16H32N4O/c1-12(2)7-9-20(10-8-13(3)4)16-19-18-15(21-16)11-17-14(5)6/h12-14,17H,7-11H2,1-6H3. The van der Waals surface area contributed by atoms with Crippen LogP contribution in [0.15, 0.2) is 4.42 Å². The van der Waals surface area contributed by atoms with Crippen molar-refractivity contribution in [3.8, 4) is 0 Å². The van der Waals surface area contributed by atoms with E-state index < -0.39 is 0 Å². The van der Waals surface area contributed by atoms with Crippen LogP contribution in [0.1, 0.15) is 60.3 Å². The highest BCUT2D eigenvalue weighted by molar-refractivity contribution is 5.23. The molecule has 1 N–H and O–H groups in total. The van der Waals surface area contributed by atoms with Gasteiger partial charge in [0.2, 0.25) is 5.89 Å². The molecule has 1 rings (SSSR count). The molecule has 0 fully saturated rings. The summed E-state index contributed by atoms with van der Waals surface area (Å²) in [6.07, 6.45) is 2.28. The van der Waals surface area contributed by atoms with Crippen molar-refractivity contribution in [1.82, 2.24) is 15.5 Å². The average molecular weight is 296 g/mol. The number of hydrogen-bond donors (Lipinski definition) is 1. The van der Waals surface area contributed by atoms with E-state index in [1.165, 1.54) is 0 Å². The lowest BCUT2D eigenvalue weighted by atomic mass is 10.1. The number of anilines is 1. The topological polar surface area (TPSA) is 54.2 Å². The van der Waals surface area contributed by atoms with Crippen molar-refractivity contribution in [2.24, 2.45) is 11.8 Å². The van der Waals surface area contributed by atoms with Crippen LogP contribution in [0.2, 0.25) is 0 Å². The molecule has 21 heavy (non-hydrogen) atoms. The fourth-order valence-corrected chi connectivity index (χ4v) is 1.87. The summed E-state index contributed by atoms with van der Waals surface area (Å²) < 4.78 is 5.80. The van der Waals surface area contributed by atoms with Gasteiger partial charge in [0.15, 0.2) is 0 Å². The Labute approximate surface area is 129 Å². The number of nitrogens with one attached hydrogen (secondary N) is 1. The van der Waals surface area contributed by atoms with E-state index in [0.717, 1.165) is 25.9 Å². The molecule has 0 aromatic carbocycles. The summed E-state index contributed by atoms with van der Waals surface area (Å²) in [7, 11) is 0. The van der Waals surface area contributed by atoms with Crippen molar-refractivity contribution >= 4 is 6.01 Å². The third kappa shape index (κ3) is 7.46. The van der Waals surface area contributed by atoms with Gasteiger partial charge in [0.05, 0.1) is 6.54 Å². The quantitative estimate of drug-likeness (QED) is 0.716. The van der Waals surface area contributed by atoms with E-state index in [2.05, 4.69) is 62.0 Å². The smallest absolute Gasteiger partial charge is 0.318 e. The lowest BCUT2D eigenvalue weighted by Crippen LogP contribution is -2.27. The molecule has 0 bridgehead atoms. The van der Waals surface area contributed by atoms with Crippen LogP contribution in [0.25, 0.3) is 0 Å². The summed E-state index contributed by atoms with van der Waals surface area (Å²) in [6, 6.07) is 1.08. The van der Waals surface area contributed by atoms with Gasteiger partial charge in [-0.1, -0.05) is 46.6 Å². The Hall–Kier alpha value is -1.10. The second-order valence-corrected chi connectivity index (χ2v) is 6.87. The third-order valence-corrected chi connectivity index (χ3v) is 3.34. The first kappa shape index (κ1) is 18.0. The van der Waals surface area contributed by atoms with E-state index in [4.69, 9.17) is 4.42 Å². The lowest BCUT2D eigenvalue weighted by Gasteiger charge is -2.22. The molecule has 0 atom stereocenters. The predicted octanol–water partition coefficient (Wildman–Crippen LogP) is 3.47. The van der Waals surface area contributed by atoms with Gasteiger partial charge in [0.1, 0.15) is 0 Å². The maximum atomic E-state index is 5.80. The van der Waals surface area contributed by atoms with Gasteiger partial charge < -0.3 is 14.6 Å². The van der Waals surface area contributed by atoms with Crippen molar-refractivity contribution in [2.75, 3.05) is 18.0 Å². The predicted molar refractivity (Wildman–Crippen MR) is 87.4 cm³/mol. The van der Waals surface area contributed by atoms with E-state index in [1.54, 1.807) is 0 Å². The van der Waals surface area contributed by atoms with Gasteiger partial charge in [-0.25, -0.2) is 0 Å². The van der Waals surface area contributed by atoms with E-state index in [1.807, 2.05) is 0 Å². The highest BCUT2D eigenvalue weighted by Gasteiger charge is 2.15.